The van der Waals surface area contributed by atoms with Crippen molar-refractivity contribution in [3.05, 3.63) is 36.3 Å². The van der Waals surface area contributed by atoms with Crippen molar-refractivity contribution < 1.29 is 14.6 Å². The number of aliphatic hydroxyl groups is 1. The van der Waals surface area contributed by atoms with Crippen molar-refractivity contribution in [2.75, 3.05) is 26.4 Å². The molecule has 0 spiro atoms. The fourth-order valence-corrected chi connectivity index (χ4v) is 1.68. The molecule has 0 aliphatic rings. The van der Waals surface area contributed by atoms with E-state index in [-0.39, 0.29) is 12.5 Å². The number of ether oxygens (including phenoxy) is 1. The van der Waals surface area contributed by atoms with E-state index < -0.39 is 0 Å². The van der Waals surface area contributed by atoms with Crippen LogP contribution in [0.5, 0.6) is 0 Å². The lowest BCUT2D eigenvalue weighted by atomic mass is 10.4. The number of imidazole rings is 1. The van der Waals surface area contributed by atoms with Gasteiger partial charge in [-0.15, -0.1) is 0 Å². The molecular formula is C13H17N3O3. The van der Waals surface area contributed by atoms with E-state index in [4.69, 9.17) is 9.84 Å². The molecule has 0 saturated carbocycles. The molecule has 6 heteroatoms. The molecule has 2 aromatic heterocycles. The number of nitrogens with one attached hydrogen (secondary N) is 1. The molecule has 1 amide bonds. The minimum Gasteiger partial charge on any atom is -0.394 e. The first-order valence-corrected chi connectivity index (χ1v) is 6.22. The average molecular weight is 263 g/mol. The molecule has 0 aliphatic heterocycles. The van der Waals surface area contributed by atoms with E-state index in [1.165, 1.54) is 0 Å². The zero-order valence-electron chi connectivity index (χ0n) is 10.6. The third-order valence-corrected chi connectivity index (χ3v) is 2.58. The molecule has 19 heavy (non-hydrogen) atoms. The Kier molecular flexibility index (Phi) is 4.88. The van der Waals surface area contributed by atoms with Crippen LogP contribution < -0.4 is 5.32 Å². The van der Waals surface area contributed by atoms with Crippen molar-refractivity contribution in [1.29, 1.82) is 0 Å². The summed E-state index contributed by atoms with van der Waals surface area (Å²) in [4.78, 5) is 16.1. The van der Waals surface area contributed by atoms with Gasteiger partial charge in [0.25, 0.3) is 5.91 Å². The summed E-state index contributed by atoms with van der Waals surface area (Å²) in [5.74, 6) is -0.189. The summed E-state index contributed by atoms with van der Waals surface area (Å²) in [6, 6.07) is 5.61. The fourth-order valence-electron chi connectivity index (χ4n) is 1.68. The number of carbonyl (C=O) groups excluding carboxylic acids is 1. The lowest BCUT2D eigenvalue weighted by Crippen LogP contribution is -2.25. The highest BCUT2D eigenvalue weighted by Gasteiger charge is 2.09. The molecule has 0 atom stereocenters. The number of hydrogen-bond acceptors (Lipinski definition) is 4. The standard InChI is InChI=1S/C13H17N3O3/c17-7-9-19-8-3-5-14-13(18)11-10-16-6-2-1-4-12(16)15-11/h1-2,4,6,10,17H,3,5,7-9H2,(H,14,18). The largest absolute Gasteiger partial charge is 0.394 e. The summed E-state index contributed by atoms with van der Waals surface area (Å²) < 4.78 is 6.90. The highest BCUT2D eigenvalue weighted by molar-refractivity contribution is 5.92. The third kappa shape index (κ3) is 3.77. The first-order valence-electron chi connectivity index (χ1n) is 6.22. The second kappa shape index (κ2) is 6.86. The van der Waals surface area contributed by atoms with Crippen molar-refractivity contribution in [1.82, 2.24) is 14.7 Å². The highest BCUT2D eigenvalue weighted by Crippen LogP contribution is 2.04. The molecule has 2 heterocycles. The van der Waals surface area contributed by atoms with Crippen LogP contribution >= 0.6 is 0 Å². The SMILES string of the molecule is O=C(NCCCOCCO)c1cn2ccccc2n1. The van der Waals surface area contributed by atoms with Crippen LogP contribution in [0.25, 0.3) is 5.65 Å². The molecule has 0 fully saturated rings. The van der Waals surface area contributed by atoms with Gasteiger partial charge in [0.1, 0.15) is 11.3 Å². The molecule has 0 unspecified atom stereocenters. The van der Waals surface area contributed by atoms with Crippen LogP contribution in [0.2, 0.25) is 0 Å². The molecule has 0 bridgehead atoms. The maximum absolute atomic E-state index is 11.8. The lowest BCUT2D eigenvalue weighted by Gasteiger charge is -2.03. The van der Waals surface area contributed by atoms with Crippen LogP contribution in [-0.4, -0.2) is 46.8 Å². The number of aromatic nitrogens is 2. The first-order chi connectivity index (χ1) is 9.31. The second-order valence-corrected chi connectivity index (χ2v) is 4.04. The Morgan fingerprint density at radius 2 is 2.32 bits per heavy atom. The number of amides is 1. The number of fused-ring (bicyclic) bond motifs is 1. The van der Waals surface area contributed by atoms with Crippen LogP contribution in [0.4, 0.5) is 0 Å². The quantitative estimate of drug-likeness (QED) is 0.712. The van der Waals surface area contributed by atoms with Crippen molar-refractivity contribution in [2.24, 2.45) is 0 Å². The van der Waals surface area contributed by atoms with Gasteiger partial charge in [-0.3, -0.25) is 4.79 Å². The van der Waals surface area contributed by atoms with Gasteiger partial charge < -0.3 is 19.6 Å². The Bertz CT molecular complexity index is 506. The van der Waals surface area contributed by atoms with E-state index in [0.717, 1.165) is 5.65 Å². The van der Waals surface area contributed by atoms with E-state index in [9.17, 15) is 4.79 Å². The molecule has 2 rings (SSSR count). The number of aliphatic hydroxyl groups excluding tert-OH is 1. The predicted octanol–water partition coefficient (Wildman–Crippen LogP) is 0.463. The maximum Gasteiger partial charge on any atom is 0.271 e. The van der Waals surface area contributed by atoms with Crippen LogP contribution in [0, 0.1) is 0 Å². The van der Waals surface area contributed by atoms with Gasteiger partial charge in [-0.25, -0.2) is 4.98 Å². The summed E-state index contributed by atoms with van der Waals surface area (Å²) in [5, 5.41) is 11.3. The molecule has 2 aromatic rings. The zero-order chi connectivity index (χ0) is 13.5. The minimum atomic E-state index is -0.189. The topological polar surface area (TPSA) is 75.9 Å². The number of nitrogens with zero attached hydrogens (tertiary/aromatic N) is 2. The second-order valence-electron chi connectivity index (χ2n) is 4.04. The third-order valence-electron chi connectivity index (χ3n) is 2.58. The Labute approximate surface area is 111 Å². The number of hydrogen-bond donors (Lipinski definition) is 2. The summed E-state index contributed by atoms with van der Waals surface area (Å²) in [7, 11) is 0. The zero-order valence-corrected chi connectivity index (χ0v) is 10.6. The van der Waals surface area contributed by atoms with E-state index in [1.54, 1.807) is 10.6 Å². The van der Waals surface area contributed by atoms with Gasteiger partial charge in [0, 0.05) is 25.5 Å². The van der Waals surface area contributed by atoms with Gasteiger partial charge in [0.15, 0.2) is 0 Å². The van der Waals surface area contributed by atoms with Gasteiger partial charge in [-0.05, 0) is 18.6 Å². The van der Waals surface area contributed by atoms with Crippen LogP contribution in [0.15, 0.2) is 30.6 Å². The number of carbonyl (C=O) groups is 1. The molecule has 0 aliphatic carbocycles. The van der Waals surface area contributed by atoms with Gasteiger partial charge in [-0.1, -0.05) is 6.07 Å². The smallest absolute Gasteiger partial charge is 0.271 e. The van der Waals surface area contributed by atoms with E-state index in [1.807, 2.05) is 24.4 Å². The Morgan fingerprint density at radius 1 is 1.42 bits per heavy atom. The summed E-state index contributed by atoms with van der Waals surface area (Å²) in [6.45, 7) is 1.40. The summed E-state index contributed by atoms with van der Waals surface area (Å²) >= 11 is 0. The van der Waals surface area contributed by atoms with Crippen LogP contribution in [-0.2, 0) is 4.74 Å². The van der Waals surface area contributed by atoms with E-state index in [0.29, 0.717) is 31.9 Å². The van der Waals surface area contributed by atoms with Crippen molar-refractivity contribution in [3.8, 4) is 0 Å². The normalized spacial score (nSPS) is 10.8. The first kappa shape index (κ1) is 13.5. The van der Waals surface area contributed by atoms with Gasteiger partial charge in [0.05, 0.1) is 13.2 Å². The Hall–Kier alpha value is -1.92. The fraction of sp³-hybridized carbons (Fsp3) is 0.385. The van der Waals surface area contributed by atoms with Gasteiger partial charge in [-0.2, -0.15) is 0 Å². The van der Waals surface area contributed by atoms with Crippen LogP contribution in [0.3, 0.4) is 0 Å². The minimum absolute atomic E-state index is 0.0214. The molecule has 6 nitrogen and oxygen atoms in total. The van der Waals surface area contributed by atoms with Crippen molar-refractivity contribution in [2.45, 2.75) is 6.42 Å². The molecule has 0 aromatic carbocycles. The highest BCUT2D eigenvalue weighted by atomic mass is 16.5. The number of rotatable bonds is 7. The van der Waals surface area contributed by atoms with Crippen molar-refractivity contribution in [3.63, 3.8) is 0 Å². The molecule has 0 saturated heterocycles. The summed E-state index contributed by atoms with van der Waals surface area (Å²) in [6.07, 6.45) is 4.26. The van der Waals surface area contributed by atoms with Gasteiger partial charge >= 0.3 is 0 Å². The molecular weight excluding hydrogens is 246 g/mol. The maximum atomic E-state index is 11.8. The predicted molar refractivity (Wildman–Crippen MR) is 70.0 cm³/mol. The van der Waals surface area contributed by atoms with E-state index >= 15 is 0 Å². The van der Waals surface area contributed by atoms with Crippen molar-refractivity contribution >= 4 is 11.6 Å². The molecule has 0 radical (unpaired) electrons. The average Bonchev–Trinajstić information content (AvgIpc) is 2.86. The summed E-state index contributed by atoms with van der Waals surface area (Å²) in [5.41, 5.74) is 1.15. The number of pyridine rings is 1. The lowest BCUT2D eigenvalue weighted by molar-refractivity contribution is 0.0866. The molecule has 102 valence electrons. The monoisotopic (exact) mass is 263 g/mol. The molecule has 2 N–H and O–H groups in total. The Balaban J connectivity index is 1.79. The van der Waals surface area contributed by atoms with Gasteiger partial charge in [0.2, 0.25) is 0 Å². The van der Waals surface area contributed by atoms with Crippen LogP contribution in [0.1, 0.15) is 16.9 Å². The Morgan fingerprint density at radius 3 is 3.11 bits per heavy atom. The van der Waals surface area contributed by atoms with E-state index in [2.05, 4.69) is 10.3 Å².